The van der Waals surface area contributed by atoms with Gasteiger partial charge in [0.1, 0.15) is 5.75 Å². The normalized spacial score (nSPS) is 13.0. The number of para-hydroxylation sites is 1. The first-order valence-corrected chi connectivity index (χ1v) is 8.96. The number of benzene rings is 3. The Hall–Kier alpha value is -2.92. The second-order valence-corrected chi connectivity index (χ2v) is 6.70. The van der Waals surface area contributed by atoms with E-state index < -0.39 is 0 Å². The van der Waals surface area contributed by atoms with E-state index in [0.29, 0.717) is 5.84 Å². The fraction of sp³-hybridized carbons (Fsp3) is 0.0476. The number of aliphatic imine (C=N–C) groups is 1. The molecule has 0 aliphatic carbocycles. The summed E-state index contributed by atoms with van der Waals surface area (Å²) < 4.78 is 6.28. The lowest BCUT2D eigenvalue weighted by Gasteiger charge is -2.08. The third kappa shape index (κ3) is 3.26. The number of halogens is 1. The van der Waals surface area contributed by atoms with Crippen molar-refractivity contribution in [3.63, 3.8) is 0 Å². The van der Waals surface area contributed by atoms with Crippen LogP contribution >= 0.6 is 15.9 Å². The quantitative estimate of drug-likeness (QED) is 0.673. The standard InChI is InChI=1S/C21H16BrN3O/c1-26-17-12-8-14(9-13-17)20-18-4-2-3-5-19(18)23-21(25-24-20)15-6-10-16(22)11-7-15/h2-13H,1H3,(H,23,25). The minimum Gasteiger partial charge on any atom is -0.497 e. The molecule has 1 aliphatic rings. The third-order valence-corrected chi connectivity index (χ3v) is 4.67. The van der Waals surface area contributed by atoms with Crippen molar-refractivity contribution < 1.29 is 4.74 Å². The van der Waals surface area contributed by atoms with Gasteiger partial charge in [0.15, 0.2) is 5.84 Å². The molecule has 0 bridgehead atoms. The summed E-state index contributed by atoms with van der Waals surface area (Å²) in [7, 11) is 1.66. The zero-order valence-electron chi connectivity index (χ0n) is 14.1. The first kappa shape index (κ1) is 16.5. The van der Waals surface area contributed by atoms with Crippen LogP contribution in [0, 0.1) is 0 Å². The lowest BCUT2D eigenvalue weighted by atomic mass is 10.0. The largest absolute Gasteiger partial charge is 0.497 e. The van der Waals surface area contributed by atoms with Gasteiger partial charge in [-0.05, 0) is 42.5 Å². The Morgan fingerprint density at radius 1 is 0.846 bits per heavy atom. The van der Waals surface area contributed by atoms with Crippen LogP contribution in [0.25, 0.3) is 0 Å². The number of fused-ring (bicyclic) bond motifs is 1. The summed E-state index contributed by atoms with van der Waals surface area (Å²) in [5.41, 5.74) is 7.82. The van der Waals surface area contributed by atoms with E-state index in [1.807, 2.05) is 72.8 Å². The summed E-state index contributed by atoms with van der Waals surface area (Å²) in [5.74, 6) is 1.53. The number of nitrogens with one attached hydrogen (secondary N) is 1. The summed E-state index contributed by atoms with van der Waals surface area (Å²) >= 11 is 3.46. The van der Waals surface area contributed by atoms with Crippen LogP contribution in [0.15, 0.2) is 87.4 Å². The van der Waals surface area contributed by atoms with Gasteiger partial charge in [-0.15, -0.1) is 0 Å². The first-order valence-electron chi connectivity index (χ1n) is 8.17. The number of rotatable bonds is 3. The fourth-order valence-electron chi connectivity index (χ4n) is 2.79. The molecule has 3 aromatic rings. The van der Waals surface area contributed by atoms with E-state index >= 15 is 0 Å². The molecule has 1 aliphatic heterocycles. The van der Waals surface area contributed by atoms with Gasteiger partial charge in [-0.3, -0.25) is 5.43 Å². The molecule has 4 nitrogen and oxygen atoms in total. The lowest BCUT2D eigenvalue weighted by Crippen LogP contribution is -2.19. The Morgan fingerprint density at radius 2 is 1.54 bits per heavy atom. The summed E-state index contributed by atoms with van der Waals surface area (Å²) in [4.78, 5) is 4.80. The van der Waals surface area contributed by atoms with Gasteiger partial charge in [0.2, 0.25) is 0 Å². The molecule has 0 unspecified atom stereocenters. The summed E-state index contributed by atoms with van der Waals surface area (Å²) in [6, 6.07) is 23.9. The Morgan fingerprint density at radius 3 is 2.27 bits per heavy atom. The molecule has 4 rings (SSSR count). The molecule has 0 atom stereocenters. The van der Waals surface area contributed by atoms with Crippen molar-refractivity contribution >= 4 is 33.2 Å². The SMILES string of the molecule is COc1ccc(C2=NNC(c3ccc(Br)cc3)=Nc3ccccc32)cc1. The monoisotopic (exact) mass is 405 g/mol. The third-order valence-electron chi connectivity index (χ3n) is 4.15. The van der Waals surface area contributed by atoms with Gasteiger partial charge in [-0.25, -0.2) is 4.99 Å². The zero-order valence-corrected chi connectivity index (χ0v) is 15.7. The van der Waals surface area contributed by atoms with Crippen molar-refractivity contribution in [2.45, 2.75) is 0 Å². The van der Waals surface area contributed by atoms with Gasteiger partial charge in [-0.1, -0.05) is 46.3 Å². The maximum atomic E-state index is 5.25. The van der Waals surface area contributed by atoms with Crippen LogP contribution in [-0.2, 0) is 0 Å². The molecule has 3 aromatic carbocycles. The van der Waals surface area contributed by atoms with Crippen molar-refractivity contribution in [3.05, 3.63) is 94.0 Å². The molecular formula is C21H16BrN3O. The van der Waals surface area contributed by atoms with Crippen LogP contribution in [0.5, 0.6) is 5.75 Å². The zero-order chi connectivity index (χ0) is 17.9. The molecule has 5 heteroatoms. The molecule has 26 heavy (non-hydrogen) atoms. The molecule has 0 spiro atoms. The molecular weight excluding hydrogens is 390 g/mol. The van der Waals surface area contributed by atoms with Crippen LogP contribution in [-0.4, -0.2) is 18.7 Å². The highest BCUT2D eigenvalue weighted by Crippen LogP contribution is 2.26. The molecule has 0 saturated carbocycles. The lowest BCUT2D eigenvalue weighted by molar-refractivity contribution is 0.415. The van der Waals surface area contributed by atoms with E-state index in [9.17, 15) is 0 Å². The molecule has 0 radical (unpaired) electrons. The Balaban J connectivity index is 1.80. The highest BCUT2D eigenvalue weighted by molar-refractivity contribution is 9.10. The molecule has 1 heterocycles. The minimum absolute atomic E-state index is 0.716. The first-order chi connectivity index (χ1) is 12.7. The van der Waals surface area contributed by atoms with E-state index in [0.717, 1.165) is 38.3 Å². The maximum Gasteiger partial charge on any atom is 0.154 e. The van der Waals surface area contributed by atoms with E-state index in [1.54, 1.807) is 7.11 Å². The molecule has 0 amide bonds. The molecule has 128 valence electrons. The highest BCUT2D eigenvalue weighted by atomic mass is 79.9. The Labute approximate surface area is 160 Å². The average Bonchev–Trinajstić information content (AvgIpc) is 2.88. The molecule has 0 saturated heterocycles. The average molecular weight is 406 g/mol. The number of nitrogens with zero attached hydrogens (tertiary/aromatic N) is 2. The summed E-state index contributed by atoms with van der Waals surface area (Å²) in [6.45, 7) is 0. The predicted molar refractivity (Wildman–Crippen MR) is 109 cm³/mol. The maximum absolute atomic E-state index is 5.25. The number of hydrazone groups is 1. The van der Waals surface area contributed by atoms with Gasteiger partial charge in [0, 0.05) is 21.2 Å². The van der Waals surface area contributed by atoms with E-state index in [4.69, 9.17) is 9.73 Å². The van der Waals surface area contributed by atoms with Crippen molar-refractivity contribution in [2.75, 3.05) is 7.11 Å². The number of hydrogen-bond donors (Lipinski definition) is 1. The van der Waals surface area contributed by atoms with Gasteiger partial charge in [0.25, 0.3) is 0 Å². The van der Waals surface area contributed by atoms with Crippen LogP contribution in [0.1, 0.15) is 16.7 Å². The Bertz CT molecular complexity index is 993. The van der Waals surface area contributed by atoms with Gasteiger partial charge >= 0.3 is 0 Å². The van der Waals surface area contributed by atoms with E-state index in [-0.39, 0.29) is 0 Å². The number of amidine groups is 1. The van der Waals surface area contributed by atoms with Crippen molar-refractivity contribution in [1.82, 2.24) is 5.43 Å². The summed E-state index contributed by atoms with van der Waals surface area (Å²) in [6.07, 6.45) is 0. The molecule has 1 N–H and O–H groups in total. The summed E-state index contributed by atoms with van der Waals surface area (Å²) in [5, 5.41) is 4.65. The van der Waals surface area contributed by atoms with Gasteiger partial charge in [-0.2, -0.15) is 5.10 Å². The van der Waals surface area contributed by atoms with E-state index in [2.05, 4.69) is 26.5 Å². The predicted octanol–water partition coefficient (Wildman–Crippen LogP) is 4.89. The topological polar surface area (TPSA) is 46.0 Å². The number of hydrogen-bond acceptors (Lipinski definition) is 4. The van der Waals surface area contributed by atoms with Gasteiger partial charge in [0.05, 0.1) is 18.5 Å². The highest BCUT2D eigenvalue weighted by Gasteiger charge is 2.16. The molecule has 0 fully saturated rings. The van der Waals surface area contributed by atoms with Crippen molar-refractivity contribution in [1.29, 1.82) is 0 Å². The van der Waals surface area contributed by atoms with Crippen LogP contribution < -0.4 is 10.2 Å². The number of methoxy groups -OCH3 is 1. The van der Waals surface area contributed by atoms with Crippen molar-refractivity contribution in [2.24, 2.45) is 10.1 Å². The van der Waals surface area contributed by atoms with Crippen LogP contribution in [0.4, 0.5) is 5.69 Å². The molecule has 0 aromatic heterocycles. The van der Waals surface area contributed by atoms with Crippen LogP contribution in [0.3, 0.4) is 0 Å². The minimum atomic E-state index is 0.716. The Kier molecular flexibility index (Phi) is 4.54. The number of ether oxygens (including phenoxy) is 1. The van der Waals surface area contributed by atoms with E-state index in [1.165, 1.54) is 0 Å². The van der Waals surface area contributed by atoms with Crippen LogP contribution in [0.2, 0.25) is 0 Å². The van der Waals surface area contributed by atoms with Crippen molar-refractivity contribution in [3.8, 4) is 5.75 Å². The second kappa shape index (κ2) is 7.14. The fourth-order valence-corrected chi connectivity index (χ4v) is 3.06. The smallest absolute Gasteiger partial charge is 0.154 e. The van der Waals surface area contributed by atoms with Gasteiger partial charge < -0.3 is 4.74 Å². The second-order valence-electron chi connectivity index (χ2n) is 5.79.